The standard InChI is InChI=1S/C19H33NO3/c1-2-3-4-5-6-7-8-12-17-21-23-22-18-13-16-20-19-14-10-9-11-15-19/h9-11,14-15,20H,2-8,12-13,16-18H2,1H3. The van der Waals surface area contributed by atoms with E-state index in [2.05, 4.69) is 12.2 Å². The van der Waals surface area contributed by atoms with Crippen molar-refractivity contribution in [3.05, 3.63) is 30.3 Å². The third-order valence-electron chi connectivity index (χ3n) is 3.68. The van der Waals surface area contributed by atoms with Crippen LogP contribution in [0.15, 0.2) is 30.3 Å². The van der Waals surface area contributed by atoms with Gasteiger partial charge in [-0.1, -0.05) is 75.1 Å². The molecule has 0 radical (unpaired) electrons. The van der Waals surface area contributed by atoms with Crippen molar-refractivity contribution in [1.82, 2.24) is 0 Å². The Morgan fingerprint density at radius 1 is 0.739 bits per heavy atom. The van der Waals surface area contributed by atoms with E-state index in [9.17, 15) is 0 Å². The SMILES string of the molecule is CCCCCCCCCCOOOCCCNc1ccccc1. The Kier molecular flexibility index (Phi) is 13.7. The van der Waals surface area contributed by atoms with Crippen LogP contribution in [0.5, 0.6) is 0 Å². The number of unbranched alkanes of at least 4 members (excludes halogenated alkanes) is 7. The summed E-state index contributed by atoms with van der Waals surface area (Å²) >= 11 is 0. The average molecular weight is 323 g/mol. The number of hydrogen-bond donors (Lipinski definition) is 1. The molecule has 0 aliphatic carbocycles. The third kappa shape index (κ3) is 13.1. The second-order valence-corrected chi connectivity index (χ2v) is 5.83. The van der Waals surface area contributed by atoms with Crippen molar-refractivity contribution < 1.29 is 14.8 Å². The summed E-state index contributed by atoms with van der Waals surface area (Å²) in [4.78, 5) is 9.98. The Morgan fingerprint density at radius 2 is 1.35 bits per heavy atom. The largest absolute Gasteiger partial charge is 0.385 e. The zero-order valence-electron chi connectivity index (χ0n) is 14.6. The first kappa shape index (κ1) is 19.9. The van der Waals surface area contributed by atoms with Crippen LogP contribution in [0.1, 0.15) is 64.7 Å². The minimum absolute atomic E-state index is 0.525. The highest BCUT2D eigenvalue weighted by atomic mass is 17.5. The van der Waals surface area contributed by atoms with E-state index >= 15 is 0 Å². The highest BCUT2D eigenvalue weighted by Crippen LogP contribution is 2.08. The van der Waals surface area contributed by atoms with Crippen LogP contribution < -0.4 is 5.32 Å². The molecule has 0 atom stereocenters. The maximum atomic E-state index is 5.00. The van der Waals surface area contributed by atoms with Gasteiger partial charge in [0.05, 0.1) is 13.2 Å². The number of para-hydroxylation sites is 1. The molecule has 0 aliphatic heterocycles. The second kappa shape index (κ2) is 15.8. The van der Waals surface area contributed by atoms with Gasteiger partial charge in [0.2, 0.25) is 0 Å². The first-order chi connectivity index (χ1) is 11.4. The van der Waals surface area contributed by atoms with Gasteiger partial charge >= 0.3 is 0 Å². The van der Waals surface area contributed by atoms with E-state index in [-0.39, 0.29) is 0 Å². The highest BCUT2D eigenvalue weighted by Gasteiger charge is 1.95. The Labute approximate surface area is 141 Å². The van der Waals surface area contributed by atoms with Crippen molar-refractivity contribution in [2.45, 2.75) is 64.7 Å². The lowest BCUT2D eigenvalue weighted by Crippen LogP contribution is -2.06. The maximum absolute atomic E-state index is 5.00. The van der Waals surface area contributed by atoms with Crippen LogP contribution >= 0.6 is 0 Å². The molecule has 132 valence electrons. The van der Waals surface area contributed by atoms with Gasteiger partial charge in [0, 0.05) is 12.2 Å². The van der Waals surface area contributed by atoms with Crippen molar-refractivity contribution in [1.29, 1.82) is 0 Å². The summed E-state index contributed by atoms with van der Waals surface area (Å²) in [6.07, 6.45) is 11.2. The van der Waals surface area contributed by atoms with E-state index in [1.807, 2.05) is 30.3 Å². The summed E-state index contributed by atoms with van der Waals surface area (Å²) in [5, 5.41) is 8.03. The quantitative estimate of drug-likeness (QED) is 0.247. The van der Waals surface area contributed by atoms with Crippen LogP contribution in [0.2, 0.25) is 0 Å². The number of nitrogens with one attached hydrogen (secondary N) is 1. The van der Waals surface area contributed by atoms with Crippen molar-refractivity contribution in [2.24, 2.45) is 0 Å². The lowest BCUT2D eigenvalue weighted by molar-refractivity contribution is -0.512. The fourth-order valence-electron chi connectivity index (χ4n) is 2.32. The Hall–Kier alpha value is -1.10. The molecule has 0 aliphatic rings. The molecular formula is C19H33NO3. The summed E-state index contributed by atoms with van der Waals surface area (Å²) in [5.74, 6) is 0. The van der Waals surface area contributed by atoms with E-state index in [1.165, 1.54) is 44.9 Å². The molecule has 4 heteroatoms. The number of anilines is 1. The van der Waals surface area contributed by atoms with Crippen molar-refractivity contribution in [2.75, 3.05) is 25.1 Å². The van der Waals surface area contributed by atoms with Gasteiger partial charge in [0.1, 0.15) is 0 Å². The zero-order chi connectivity index (χ0) is 16.4. The molecule has 0 bridgehead atoms. The van der Waals surface area contributed by atoms with Crippen molar-refractivity contribution in [3.63, 3.8) is 0 Å². The van der Waals surface area contributed by atoms with Gasteiger partial charge in [-0.05, 0) is 25.0 Å². The lowest BCUT2D eigenvalue weighted by atomic mass is 10.1. The van der Waals surface area contributed by atoms with Crippen LogP contribution in [0.4, 0.5) is 5.69 Å². The monoisotopic (exact) mass is 323 g/mol. The fraction of sp³-hybridized carbons (Fsp3) is 0.684. The number of hydrogen-bond acceptors (Lipinski definition) is 4. The molecule has 1 aromatic rings. The Balaban J connectivity index is 1.72. The van der Waals surface area contributed by atoms with Gasteiger partial charge in [0.25, 0.3) is 0 Å². The number of rotatable bonds is 16. The van der Waals surface area contributed by atoms with Gasteiger partial charge < -0.3 is 5.32 Å². The summed E-state index contributed by atoms with van der Waals surface area (Å²) in [6, 6.07) is 10.1. The molecule has 0 amide bonds. The topological polar surface area (TPSA) is 39.7 Å². The van der Waals surface area contributed by atoms with Crippen LogP contribution in [-0.2, 0) is 14.8 Å². The van der Waals surface area contributed by atoms with Crippen molar-refractivity contribution in [3.8, 4) is 0 Å². The van der Waals surface area contributed by atoms with Gasteiger partial charge in [0.15, 0.2) is 0 Å². The molecule has 0 saturated carbocycles. The van der Waals surface area contributed by atoms with E-state index < -0.39 is 0 Å². The summed E-state index contributed by atoms with van der Waals surface area (Å²) < 4.78 is 0. The second-order valence-electron chi connectivity index (χ2n) is 5.83. The number of benzene rings is 1. The van der Waals surface area contributed by atoms with Crippen molar-refractivity contribution >= 4 is 5.69 Å². The molecule has 0 fully saturated rings. The van der Waals surface area contributed by atoms with Crippen LogP contribution in [0.3, 0.4) is 0 Å². The molecule has 4 nitrogen and oxygen atoms in total. The van der Waals surface area contributed by atoms with E-state index in [0.29, 0.717) is 13.2 Å². The summed E-state index contributed by atoms with van der Waals surface area (Å²) in [6.45, 7) is 4.24. The highest BCUT2D eigenvalue weighted by molar-refractivity contribution is 5.42. The minimum Gasteiger partial charge on any atom is -0.385 e. The molecule has 0 unspecified atom stereocenters. The van der Waals surface area contributed by atoms with Gasteiger partial charge in [-0.2, -0.15) is 0 Å². The minimum atomic E-state index is 0.525. The van der Waals surface area contributed by atoms with Crippen LogP contribution in [0, 0.1) is 0 Å². The van der Waals surface area contributed by atoms with Crippen LogP contribution in [-0.4, -0.2) is 19.8 Å². The molecule has 0 aromatic heterocycles. The first-order valence-corrected chi connectivity index (χ1v) is 9.13. The van der Waals surface area contributed by atoms with E-state index in [0.717, 1.165) is 25.1 Å². The van der Waals surface area contributed by atoms with Crippen LogP contribution in [0.25, 0.3) is 0 Å². The zero-order valence-corrected chi connectivity index (χ0v) is 14.6. The molecule has 1 aromatic carbocycles. The predicted octanol–water partition coefficient (Wildman–Crippen LogP) is 5.51. The average Bonchev–Trinajstić information content (AvgIpc) is 2.59. The third-order valence-corrected chi connectivity index (χ3v) is 3.68. The fourth-order valence-corrected chi connectivity index (χ4v) is 2.32. The maximum Gasteiger partial charge on any atom is 0.0870 e. The molecule has 0 spiro atoms. The summed E-state index contributed by atoms with van der Waals surface area (Å²) in [7, 11) is 0. The Bertz CT molecular complexity index is 346. The van der Waals surface area contributed by atoms with Gasteiger partial charge in [-0.3, -0.25) is 0 Å². The van der Waals surface area contributed by atoms with Gasteiger partial charge in [-0.25, -0.2) is 9.78 Å². The lowest BCUT2D eigenvalue weighted by Gasteiger charge is -2.06. The van der Waals surface area contributed by atoms with Gasteiger partial charge in [-0.15, -0.1) is 0 Å². The molecular weight excluding hydrogens is 290 g/mol. The summed E-state index contributed by atoms with van der Waals surface area (Å²) in [5.41, 5.74) is 1.12. The Morgan fingerprint density at radius 3 is 2.04 bits per heavy atom. The first-order valence-electron chi connectivity index (χ1n) is 9.13. The predicted molar refractivity (Wildman–Crippen MR) is 95.1 cm³/mol. The van der Waals surface area contributed by atoms with E-state index in [4.69, 9.17) is 14.8 Å². The molecule has 0 saturated heterocycles. The molecule has 1 N–H and O–H groups in total. The molecule has 1 rings (SSSR count). The van der Waals surface area contributed by atoms with E-state index in [1.54, 1.807) is 0 Å². The molecule has 23 heavy (non-hydrogen) atoms. The smallest absolute Gasteiger partial charge is 0.0870 e. The molecule has 0 heterocycles. The normalized spacial score (nSPS) is 10.8.